The first kappa shape index (κ1) is 21.8. The molecule has 4 rings (SSSR count). The summed E-state index contributed by atoms with van der Waals surface area (Å²) < 4.78 is 10.6. The standard InChI is InChI=1S/C24H28N4O4/c1-24(30,19-6-4-3-5-7-19)16-25-22(29)18-12-14-28(15-13-18)23-26-21(27-32-23)17-8-10-20(31-2)11-9-17/h3-11,18,30H,12-16H2,1-2H3,(H,25,29). The highest BCUT2D eigenvalue weighted by Crippen LogP contribution is 2.26. The SMILES string of the molecule is COc1ccc(-c2noc(N3CCC(C(=O)NCC(C)(O)c4ccccc4)CC3)n2)cc1. The van der Waals surface area contributed by atoms with Crippen molar-refractivity contribution in [1.82, 2.24) is 15.5 Å². The Bertz CT molecular complexity index is 1030. The summed E-state index contributed by atoms with van der Waals surface area (Å²) in [5.41, 5.74) is 0.513. The van der Waals surface area contributed by atoms with Gasteiger partial charge in [0.1, 0.15) is 11.4 Å². The van der Waals surface area contributed by atoms with Crippen molar-refractivity contribution in [3.63, 3.8) is 0 Å². The molecule has 1 saturated heterocycles. The number of amides is 1. The highest BCUT2D eigenvalue weighted by molar-refractivity contribution is 5.79. The van der Waals surface area contributed by atoms with Crippen molar-refractivity contribution in [1.29, 1.82) is 0 Å². The zero-order valence-corrected chi connectivity index (χ0v) is 18.3. The number of nitrogens with zero attached hydrogens (tertiary/aromatic N) is 3. The van der Waals surface area contributed by atoms with E-state index in [4.69, 9.17) is 9.26 Å². The van der Waals surface area contributed by atoms with Crippen LogP contribution in [0.2, 0.25) is 0 Å². The van der Waals surface area contributed by atoms with Crippen LogP contribution in [-0.4, -0.2) is 47.9 Å². The summed E-state index contributed by atoms with van der Waals surface area (Å²) in [4.78, 5) is 19.2. The van der Waals surface area contributed by atoms with E-state index in [9.17, 15) is 9.90 Å². The van der Waals surface area contributed by atoms with E-state index in [1.807, 2.05) is 59.5 Å². The third kappa shape index (κ3) is 4.91. The highest BCUT2D eigenvalue weighted by Gasteiger charge is 2.30. The van der Waals surface area contributed by atoms with Crippen molar-refractivity contribution in [3.05, 3.63) is 60.2 Å². The lowest BCUT2D eigenvalue weighted by Gasteiger charge is -2.31. The van der Waals surface area contributed by atoms with Gasteiger partial charge >= 0.3 is 6.01 Å². The van der Waals surface area contributed by atoms with Gasteiger partial charge in [-0.1, -0.05) is 35.5 Å². The predicted molar refractivity (Wildman–Crippen MR) is 120 cm³/mol. The van der Waals surface area contributed by atoms with Gasteiger partial charge in [-0.25, -0.2) is 0 Å². The van der Waals surface area contributed by atoms with Crippen LogP contribution in [0, 0.1) is 5.92 Å². The van der Waals surface area contributed by atoms with E-state index in [1.54, 1.807) is 14.0 Å². The molecule has 1 aliphatic rings. The number of carbonyl (C=O) groups is 1. The quantitative estimate of drug-likeness (QED) is 0.587. The number of aromatic nitrogens is 2. The van der Waals surface area contributed by atoms with Gasteiger partial charge in [0.2, 0.25) is 11.7 Å². The Balaban J connectivity index is 1.29. The number of piperidine rings is 1. The molecule has 2 aromatic carbocycles. The van der Waals surface area contributed by atoms with E-state index in [2.05, 4.69) is 15.5 Å². The van der Waals surface area contributed by atoms with E-state index in [1.165, 1.54) is 0 Å². The fraction of sp³-hybridized carbons (Fsp3) is 0.375. The number of hydrogen-bond donors (Lipinski definition) is 2. The number of anilines is 1. The summed E-state index contributed by atoms with van der Waals surface area (Å²) in [5, 5.41) is 17.7. The Morgan fingerprint density at radius 3 is 2.53 bits per heavy atom. The molecule has 1 aromatic heterocycles. The van der Waals surface area contributed by atoms with Gasteiger partial charge in [0, 0.05) is 24.6 Å². The molecular formula is C24H28N4O4. The largest absolute Gasteiger partial charge is 0.497 e. The van der Waals surface area contributed by atoms with E-state index < -0.39 is 5.60 Å². The Hall–Kier alpha value is -3.39. The number of ether oxygens (including phenoxy) is 1. The molecule has 1 amide bonds. The lowest BCUT2D eigenvalue weighted by molar-refractivity contribution is -0.126. The number of methoxy groups -OCH3 is 1. The molecule has 1 unspecified atom stereocenters. The van der Waals surface area contributed by atoms with Crippen LogP contribution in [0.15, 0.2) is 59.1 Å². The van der Waals surface area contributed by atoms with Crippen LogP contribution >= 0.6 is 0 Å². The topological polar surface area (TPSA) is 101 Å². The fourth-order valence-corrected chi connectivity index (χ4v) is 3.84. The van der Waals surface area contributed by atoms with Crippen LogP contribution in [0.5, 0.6) is 5.75 Å². The molecule has 1 fully saturated rings. The Morgan fingerprint density at radius 2 is 1.88 bits per heavy atom. The zero-order valence-electron chi connectivity index (χ0n) is 18.3. The predicted octanol–water partition coefficient (Wildman–Crippen LogP) is 2.99. The average Bonchev–Trinajstić information content (AvgIpc) is 3.34. The van der Waals surface area contributed by atoms with Crippen LogP contribution in [0.3, 0.4) is 0 Å². The van der Waals surface area contributed by atoms with Gasteiger partial charge in [-0.3, -0.25) is 4.79 Å². The third-order valence-corrected chi connectivity index (χ3v) is 5.90. The zero-order chi connectivity index (χ0) is 22.6. The Kier molecular flexibility index (Phi) is 6.41. The number of benzene rings is 2. The number of hydrogen-bond acceptors (Lipinski definition) is 7. The van der Waals surface area contributed by atoms with Gasteiger partial charge < -0.3 is 24.6 Å². The first-order chi connectivity index (χ1) is 15.5. The van der Waals surface area contributed by atoms with E-state index in [0.29, 0.717) is 37.8 Å². The molecule has 3 aromatic rings. The monoisotopic (exact) mass is 436 g/mol. The highest BCUT2D eigenvalue weighted by atomic mass is 16.5. The van der Waals surface area contributed by atoms with Crippen LogP contribution in [0.25, 0.3) is 11.4 Å². The van der Waals surface area contributed by atoms with Gasteiger partial charge in [0.15, 0.2) is 0 Å². The number of aliphatic hydroxyl groups is 1. The second-order valence-corrected chi connectivity index (χ2v) is 8.25. The fourth-order valence-electron chi connectivity index (χ4n) is 3.84. The van der Waals surface area contributed by atoms with Crippen LogP contribution < -0.4 is 15.0 Å². The van der Waals surface area contributed by atoms with Gasteiger partial charge in [-0.15, -0.1) is 0 Å². The molecule has 1 atom stereocenters. The second kappa shape index (κ2) is 9.40. The molecule has 0 aliphatic carbocycles. The molecular weight excluding hydrogens is 408 g/mol. The molecule has 1 aliphatic heterocycles. The summed E-state index contributed by atoms with van der Waals surface area (Å²) in [6, 6.07) is 17.3. The minimum atomic E-state index is -1.11. The molecule has 0 saturated carbocycles. The number of carbonyl (C=O) groups excluding carboxylic acids is 1. The van der Waals surface area contributed by atoms with Crippen molar-refractivity contribution in [2.75, 3.05) is 31.6 Å². The number of nitrogens with one attached hydrogen (secondary N) is 1. The first-order valence-electron chi connectivity index (χ1n) is 10.7. The minimum Gasteiger partial charge on any atom is -0.497 e. The lowest BCUT2D eigenvalue weighted by atomic mass is 9.93. The molecule has 2 heterocycles. The van der Waals surface area contributed by atoms with Crippen LogP contribution in [0.1, 0.15) is 25.3 Å². The summed E-state index contributed by atoms with van der Waals surface area (Å²) in [7, 11) is 1.62. The second-order valence-electron chi connectivity index (χ2n) is 8.25. The molecule has 0 radical (unpaired) electrons. The molecule has 2 N–H and O–H groups in total. The third-order valence-electron chi connectivity index (χ3n) is 5.90. The summed E-state index contributed by atoms with van der Waals surface area (Å²) in [5.74, 6) is 1.14. The van der Waals surface area contributed by atoms with Crippen LogP contribution in [0.4, 0.5) is 6.01 Å². The average molecular weight is 437 g/mol. The Labute approximate surface area is 187 Å². The summed E-state index contributed by atoms with van der Waals surface area (Å²) >= 11 is 0. The van der Waals surface area contributed by atoms with Gasteiger partial charge in [0.05, 0.1) is 13.7 Å². The van der Waals surface area contributed by atoms with Crippen molar-refractivity contribution in [2.45, 2.75) is 25.4 Å². The van der Waals surface area contributed by atoms with Gasteiger partial charge in [0.25, 0.3) is 0 Å². The summed E-state index contributed by atoms with van der Waals surface area (Å²) in [6.07, 6.45) is 1.36. The van der Waals surface area contributed by atoms with E-state index in [-0.39, 0.29) is 18.4 Å². The van der Waals surface area contributed by atoms with Crippen molar-refractivity contribution in [2.24, 2.45) is 5.92 Å². The normalized spacial score (nSPS) is 16.4. The molecule has 0 spiro atoms. The maximum atomic E-state index is 12.7. The Morgan fingerprint density at radius 1 is 1.19 bits per heavy atom. The number of rotatable bonds is 7. The maximum absolute atomic E-state index is 12.7. The molecule has 8 nitrogen and oxygen atoms in total. The van der Waals surface area contributed by atoms with Crippen molar-refractivity contribution in [3.8, 4) is 17.1 Å². The summed E-state index contributed by atoms with van der Waals surface area (Å²) in [6.45, 7) is 3.18. The van der Waals surface area contributed by atoms with Crippen molar-refractivity contribution >= 4 is 11.9 Å². The maximum Gasteiger partial charge on any atom is 0.324 e. The van der Waals surface area contributed by atoms with Gasteiger partial charge in [-0.2, -0.15) is 4.98 Å². The van der Waals surface area contributed by atoms with Gasteiger partial charge in [-0.05, 0) is 49.6 Å². The van der Waals surface area contributed by atoms with E-state index >= 15 is 0 Å². The minimum absolute atomic E-state index is 0.0368. The van der Waals surface area contributed by atoms with Crippen molar-refractivity contribution < 1.29 is 19.2 Å². The smallest absolute Gasteiger partial charge is 0.324 e. The molecule has 0 bridgehead atoms. The van der Waals surface area contributed by atoms with Crippen LogP contribution in [-0.2, 0) is 10.4 Å². The first-order valence-corrected chi connectivity index (χ1v) is 10.7. The molecule has 32 heavy (non-hydrogen) atoms. The lowest BCUT2D eigenvalue weighted by Crippen LogP contribution is -2.44. The molecule has 168 valence electrons. The van der Waals surface area contributed by atoms with E-state index in [0.717, 1.165) is 16.9 Å². The molecule has 8 heteroatoms.